The van der Waals surface area contributed by atoms with Gasteiger partial charge < -0.3 is 16.0 Å². The van der Waals surface area contributed by atoms with Crippen molar-refractivity contribution >= 4 is 11.8 Å². The third kappa shape index (κ3) is 5.37. The van der Waals surface area contributed by atoms with Crippen LogP contribution >= 0.6 is 0 Å². The number of nitrogens with one attached hydrogen (secondary N) is 3. The first-order valence-electron chi connectivity index (χ1n) is 7.59. The van der Waals surface area contributed by atoms with E-state index in [2.05, 4.69) is 31.0 Å². The third-order valence-electron chi connectivity index (χ3n) is 3.41. The Labute approximate surface area is 143 Å². The Bertz CT molecular complexity index is 709. The van der Waals surface area contributed by atoms with Crippen molar-refractivity contribution in [3.8, 4) is 0 Å². The van der Waals surface area contributed by atoms with Crippen LogP contribution in [0.1, 0.15) is 11.3 Å². The van der Waals surface area contributed by atoms with Gasteiger partial charge in [-0.25, -0.2) is 4.98 Å². The van der Waals surface area contributed by atoms with Gasteiger partial charge in [-0.3, -0.25) is 9.67 Å². The summed E-state index contributed by atoms with van der Waals surface area (Å²) < 4.78 is 40.4. The molecule has 0 amide bonds. The van der Waals surface area contributed by atoms with Gasteiger partial charge in [0.2, 0.25) is 0 Å². The number of guanidine groups is 1. The average Bonchev–Trinajstić information content (AvgIpc) is 2.99. The maximum Gasteiger partial charge on any atom is 0.419 e. The number of alkyl halides is 3. The number of hydrogen-bond acceptors (Lipinski definition) is 4. The van der Waals surface area contributed by atoms with Crippen molar-refractivity contribution in [3.63, 3.8) is 0 Å². The smallest absolute Gasteiger partial charge is 0.368 e. The van der Waals surface area contributed by atoms with Crippen LogP contribution in [0, 0.1) is 0 Å². The Morgan fingerprint density at radius 3 is 2.64 bits per heavy atom. The molecule has 0 spiro atoms. The van der Waals surface area contributed by atoms with Crippen LogP contribution in [0.15, 0.2) is 35.6 Å². The van der Waals surface area contributed by atoms with E-state index >= 15 is 0 Å². The first kappa shape index (κ1) is 18.6. The molecule has 3 N–H and O–H groups in total. The van der Waals surface area contributed by atoms with Gasteiger partial charge in [0.1, 0.15) is 5.82 Å². The van der Waals surface area contributed by atoms with E-state index in [1.165, 1.54) is 12.3 Å². The quantitative estimate of drug-likeness (QED) is 0.417. The lowest BCUT2D eigenvalue weighted by Gasteiger charge is -2.15. The number of aryl methyl sites for hydroxylation is 1. The first-order valence-corrected chi connectivity index (χ1v) is 7.59. The van der Waals surface area contributed by atoms with Crippen LogP contribution in [-0.4, -0.2) is 40.9 Å². The normalized spacial score (nSPS) is 12.1. The van der Waals surface area contributed by atoms with E-state index in [4.69, 9.17) is 0 Å². The Kier molecular flexibility index (Phi) is 6.20. The summed E-state index contributed by atoms with van der Waals surface area (Å²) in [6, 6.07) is 4.13. The second kappa shape index (κ2) is 8.36. The van der Waals surface area contributed by atoms with E-state index in [9.17, 15) is 13.2 Å². The number of pyridine rings is 1. The summed E-state index contributed by atoms with van der Waals surface area (Å²) in [5.74, 6) is 0.356. The highest BCUT2D eigenvalue weighted by molar-refractivity contribution is 5.79. The highest BCUT2D eigenvalue weighted by Gasteiger charge is 2.33. The van der Waals surface area contributed by atoms with E-state index in [0.717, 1.165) is 11.8 Å². The molecule has 2 aromatic heterocycles. The molecule has 2 rings (SSSR count). The fourth-order valence-electron chi connectivity index (χ4n) is 2.11. The molecule has 0 aliphatic rings. The monoisotopic (exact) mass is 355 g/mol. The van der Waals surface area contributed by atoms with Gasteiger partial charge in [-0.05, 0) is 18.2 Å². The van der Waals surface area contributed by atoms with Crippen LogP contribution in [0.3, 0.4) is 0 Å². The van der Waals surface area contributed by atoms with Crippen molar-refractivity contribution < 1.29 is 13.2 Å². The van der Waals surface area contributed by atoms with Gasteiger partial charge >= 0.3 is 6.18 Å². The van der Waals surface area contributed by atoms with Crippen molar-refractivity contribution in [2.45, 2.75) is 12.7 Å². The molecule has 0 fully saturated rings. The van der Waals surface area contributed by atoms with E-state index < -0.39 is 11.7 Å². The summed E-state index contributed by atoms with van der Waals surface area (Å²) in [4.78, 5) is 7.81. The predicted octanol–water partition coefficient (Wildman–Crippen LogP) is 1.61. The van der Waals surface area contributed by atoms with Gasteiger partial charge in [0.05, 0.1) is 17.8 Å². The lowest BCUT2D eigenvalue weighted by atomic mass is 10.2. The molecule has 2 heterocycles. The third-order valence-corrected chi connectivity index (χ3v) is 3.41. The van der Waals surface area contributed by atoms with Crippen molar-refractivity contribution in [1.29, 1.82) is 0 Å². The molecule has 136 valence electrons. The summed E-state index contributed by atoms with van der Waals surface area (Å²) in [5, 5.41) is 12.9. The van der Waals surface area contributed by atoms with Gasteiger partial charge in [-0.1, -0.05) is 0 Å². The van der Waals surface area contributed by atoms with Crippen molar-refractivity contribution in [1.82, 2.24) is 25.4 Å². The topological polar surface area (TPSA) is 79.2 Å². The predicted molar refractivity (Wildman–Crippen MR) is 89.1 cm³/mol. The molecule has 0 saturated carbocycles. The minimum absolute atomic E-state index is 0.186. The Balaban J connectivity index is 1.79. The average molecular weight is 355 g/mol. The number of rotatable bonds is 6. The van der Waals surface area contributed by atoms with Gasteiger partial charge in [-0.2, -0.15) is 18.3 Å². The number of aromatic nitrogens is 3. The molecule has 25 heavy (non-hydrogen) atoms. The number of anilines is 1. The van der Waals surface area contributed by atoms with Crippen LogP contribution in [-0.2, 0) is 19.8 Å². The zero-order chi connectivity index (χ0) is 18.3. The highest BCUT2D eigenvalue weighted by atomic mass is 19.4. The number of halogens is 3. The summed E-state index contributed by atoms with van der Waals surface area (Å²) in [7, 11) is 3.45. The van der Waals surface area contributed by atoms with Crippen LogP contribution in [0.25, 0.3) is 0 Å². The standard InChI is InChI=1S/C15H20F3N7/c1-19-14(23-10-11-5-7-24-25(11)2)22-9-8-21-13-12(15(16,17)18)4-3-6-20-13/h3-7H,8-10H2,1-2H3,(H,20,21)(H2,19,22,23). The molecule has 0 aromatic carbocycles. The molecule has 0 radical (unpaired) electrons. The second-order valence-electron chi connectivity index (χ2n) is 5.12. The molecule has 0 bridgehead atoms. The summed E-state index contributed by atoms with van der Waals surface area (Å²) in [6.07, 6.45) is -1.42. The maximum absolute atomic E-state index is 12.9. The lowest BCUT2D eigenvalue weighted by Crippen LogP contribution is -2.39. The van der Waals surface area contributed by atoms with Crippen molar-refractivity contribution in [2.24, 2.45) is 12.0 Å². The summed E-state index contributed by atoms with van der Waals surface area (Å²) >= 11 is 0. The van der Waals surface area contributed by atoms with Gasteiger partial charge in [0.15, 0.2) is 5.96 Å². The lowest BCUT2D eigenvalue weighted by molar-refractivity contribution is -0.137. The fourth-order valence-corrected chi connectivity index (χ4v) is 2.11. The zero-order valence-electron chi connectivity index (χ0n) is 13.9. The molecule has 0 saturated heterocycles. The molecular formula is C15H20F3N7. The van der Waals surface area contributed by atoms with Crippen LogP contribution < -0.4 is 16.0 Å². The number of nitrogens with zero attached hydrogens (tertiary/aromatic N) is 4. The summed E-state index contributed by atoms with van der Waals surface area (Å²) in [6.45, 7) is 1.16. The Morgan fingerprint density at radius 1 is 1.20 bits per heavy atom. The van der Waals surface area contributed by atoms with Crippen LogP contribution in [0.4, 0.5) is 19.0 Å². The molecule has 0 aliphatic carbocycles. The number of hydrogen-bond donors (Lipinski definition) is 3. The zero-order valence-corrected chi connectivity index (χ0v) is 13.9. The van der Waals surface area contributed by atoms with Crippen molar-refractivity contribution in [2.75, 3.05) is 25.5 Å². The van der Waals surface area contributed by atoms with E-state index in [1.807, 2.05) is 13.1 Å². The Hall–Kier alpha value is -2.78. The van der Waals surface area contributed by atoms with Crippen LogP contribution in [0.2, 0.25) is 0 Å². The molecule has 0 unspecified atom stereocenters. The van der Waals surface area contributed by atoms with Crippen LogP contribution in [0.5, 0.6) is 0 Å². The van der Waals surface area contributed by atoms with E-state index in [0.29, 0.717) is 19.0 Å². The summed E-state index contributed by atoms with van der Waals surface area (Å²) in [5.41, 5.74) is 0.193. The van der Waals surface area contributed by atoms with E-state index in [-0.39, 0.29) is 12.4 Å². The first-order chi connectivity index (χ1) is 11.9. The maximum atomic E-state index is 12.9. The van der Waals surface area contributed by atoms with Gasteiger partial charge in [0.25, 0.3) is 0 Å². The SMILES string of the molecule is CN=C(NCCNc1ncccc1C(F)(F)F)NCc1ccnn1C. The molecule has 10 heteroatoms. The second-order valence-corrected chi connectivity index (χ2v) is 5.12. The molecule has 0 aliphatic heterocycles. The number of aliphatic imine (C=N–C) groups is 1. The molecular weight excluding hydrogens is 335 g/mol. The van der Waals surface area contributed by atoms with E-state index in [1.54, 1.807) is 17.9 Å². The highest BCUT2D eigenvalue weighted by Crippen LogP contribution is 2.33. The van der Waals surface area contributed by atoms with Gasteiger partial charge in [-0.15, -0.1) is 0 Å². The Morgan fingerprint density at radius 2 is 2.00 bits per heavy atom. The minimum atomic E-state index is -4.44. The molecule has 0 atom stereocenters. The van der Waals surface area contributed by atoms with Gasteiger partial charge in [0, 0.05) is 39.6 Å². The van der Waals surface area contributed by atoms with Crippen molar-refractivity contribution in [3.05, 3.63) is 41.9 Å². The minimum Gasteiger partial charge on any atom is -0.368 e. The molecule has 7 nitrogen and oxygen atoms in total. The fraction of sp³-hybridized carbons (Fsp3) is 0.400. The largest absolute Gasteiger partial charge is 0.419 e. The molecule has 2 aromatic rings.